The number of carbonyl (C=O) groups is 1. The molecule has 2 aromatic rings. The minimum atomic E-state index is -3.83. The van der Waals surface area contributed by atoms with Crippen LogP contribution in [0.15, 0.2) is 72.1 Å². The number of amides is 1. The molecule has 6 heteroatoms. The standard InChI is InChI=1S/C21H26N2O3S/c1-4-15-23(19-12-8-7-9-13-19)27(25,26)20-14-10-11-17(16-20)21(24)22-18(5-2)6-3/h4,7-14,16,18H,1,5-6,15H2,2-3H3,(H,22,24). The lowest BCUT2D eigenvalue weighted by Gasteiger charge is -2.23. The number of sulfonamides is 1. The molecule has 2 aromatic carbocycles. The lowest BCUT2D eigenvalue weighted by atomic mass is 10.1. The summed E-state index contributed by atoms with van der Waals surface area (Å²) in [7, 11) is -3.83. The third-order valence-corrected chi connectivity index (χ3v) is 6.13. The van der Waals surface area contributed by atoms with Crippen molar-refractivity contribution in [1.29, 1.82) is 0 Å². The van der Waals surface area contributed by atoms with Crippen LogP contribution in [0.3, 0.4) is 0 Å². The van der Waals surface area contributed by atoms with Gasteiger partial charge in [0, 0.05) is 11.6 Å². The van der Waals surface area contributed by atoms with Gasteiger partial charge in [-0.2, -0.15) is 0 Å². The second-order valence-corrected chi connectivity index (χ2v) is 8.04. The summed E-state index contributed by atoms with van der Waals surface area (Å²) in [6.07, 6.45) is 3.18. The SMILES string of the molecule is C=CCN(c1ccccc1)S(=O)(=O)c1cccc(C(=O)NC(CC)CC)c1. The molecule has 0 heterocycles. The predicted molar refractivity (Wildman–Crippen MR) is 109 cm³/mol. The molecule has 0 spiro atoms. The molecule has 0 aliphatic heterocycles. The number of para-hydroxylation sites is 1. The maximum Gasteiger partial charge on any atom is 0.264 e. The molecule has 0 atom stereocenters. The number of benzene rings is 2. The molecule has 0 radical (unpaired) electrons. The van der Waals surface area contributed by atoms with Crippen molar-refractivity contribution in [2.45, 2.75) is 37.6 Å². The first kappa shape index (κ1) is 20.7. The Morgan fingerprint density at radius 1 is 1.11 bits per heavy atom. The van der Waals surface area contributed by atoms with Crippen molar-refractivity contribution in [1.82, 2.24) is 5.32 Å². The van der Waals surface area contributed by atoms with Gasteiger partial charge >= 0.3 is 0 Å². The quantitative estimate of drug-likeness (QED) is 0.663. The molecular formula is C21H26N2O3S. The average molecular weight is 387 g/mol. The van der Waals surface area contributed by atoms with E-state index in [0.717, 1.165) is 12.8 Å². The fourth-order valence-electron chi connectivity index (χ4n) is 2.74. The Balaban J connectivity index is 2.38. The highest BCUT2D eigenvalue weighted by Crippen LogP contribution is 2.24. The topological polar surface area (TPSA) is 66.5 Å². The first-order valence-corrected chi connectivity index (χ1v) is 10.5. The van der Waals surface area contributed by atoms with Gasteiger partial charge in [0.15, 0.2) is 0 Å². The molecule has 144 valence electrons. The van der Waals surface area contributed by atoms with E-state index in [9.17, 15) is 13.2 Å². The van der Waals surface area contributed by atoms with Gasteiger partial charge in [0.25, 0.3) is 15.9 Å². The van der Waals surface area contributed by atoms with Crippen LogP contribution in [-0.4, -0.2) is 26.9 Å². The molecule has 0 saturated heterocycles. The van der Waals surface area contributed by atoms with Crippen molar-refractivity contribution >= 4 is 21.6 Å². The van der Waals surface area contributed by atoms with E-state index >= 15 is 0 Å². The molecule has 1 N–H and O–H groups in total. The Morgan fingerprint density at radius 3 is 2.37 bits per heavy atom. The number of anilines is 1. The molecule has 0 saturated carbocycles. The molecule has 0 bridgehead atoms. The van der Waals surface area contributed by atoms with E-state index < -0.39 is 10.0 Å². The average Bonchev–Trinajstić information content (AvgIpc) is 2.70. The van der Waals surface area contributed by atoms with Crippen LogP contribution in [0.25, 0.3) is 0 Å². The van der Waals surface area contributed by atoms with Crippen molar-refractivity contribution in [3.05, 3.63) is 72.8 Å². The Morgan fingerprint density at radius 2 is 1.78 bits per heavy atom. The number of rotatable bonds is 9. The third kappa shape index (κ3) is 4.98. The summed E-state index contributed by atoms with van der Waals surface area (Å²) in [5.74, 6) is -0.268. The zero-order valence-corrected chi connectivity index (χ0v) is 16.6. The van der Waals surface area contributed by atoms with Gasteiger partial charge in [0.1, 0.15) is 0 Å². The first-order valence-electron chi connectivity index (χ1n) is 9.03. The van der Waals surface area contributed by atoms with Gasteiger partial charge < -0.3 is 5.32 Å². The minimum Gasteiger partial charge on any atom is -0.349 e. The van der Waals surface area contributed by atoms with Crippen molar-refractivity contribution in [2.24, 2.45) is 0 Å². The van der Waals surface area contributed by atoms with E-state index in [1.807, 2.05) is 19.9 Å². The second kappa shape index (κ2) is 9.37. The van der Waals surface area contributed by atoms with E-state index in [1.165, 1.54) is 22.5 Å². The van der Waals surface area contributed by atoms with E-state index in [1.54, 1.807) is 36.4 Å². The lowest BCUT2D eigenvalue weighted by Crippen LogP contribution is -2.34. The lowest BCUT2D eigenvalue weighted by molar-refractivity contribution is 0.0934. The molecule has 2 rings (SSSR count). The number of nitrogens with one attached hydrogen (secondary N) is 1. The molecule has 27 heavy (non-hydrogen) atoms. The van der Waals surface area contributed by atoms with Crippen LogP contribution in [0.1, 0.15) is 37.0 Å². The maximum atomic E-state index is 13.2. The van der Waals surface area contributed by atoms with Gasteiger partial charge in [-0.05, 0) is 43.2 Å². The zero-order chi connectivity index (χ0) is 19.9. The summed E-state index contributed by atoms with van der Waals surface area (Å²) in [5, 5.41) is 2.93. The fourth-order valence-corrected chi connectivity index (χ4v) is 4.22. The largest absolute Gasteiger partial charge is 0.349 e. The van der Waals surface area contributed by atoms with Crippen LogP contribution in [-0.2, 0) is 10.0 Å². The van der Waals surface area contributed by atoms with E-state index in [2.05, 4.69) is 11.9 Å². The summed E-state index contributed by atoms with van der Waals surface area (Å²) >= 11 is 0. The number of carbonyl (C=O) groups excluding carboxylic acids is 1. The second-order valence-electron chi connectivity index (χ2n) is 6.18. The fraction of sp³-hybridized carbons (Fsp3) is 0.286. The molecule has 0 unspecified atom stereocenters. The van der Waals surface area contributed by atoms with E-state index in [0.29, 0.717) is 11.3 Å². The van der Waals surface area contributed by atoms with Gasteiger partial charge in [-0.15, -0.1) is 6.58 Å². The summed E-state index contributed by atoms with van der Waals surface area (Å²) in [4.78, 5) is 12.6. The monoisotopic (exact) mass is 386 g/mol. The van der Waals surface area contributed by atoms with Gasteiger partial charge in [0.2, 0.25) is 0 Å². The molecule has 0 aliphatic carbocycles. The molecule has 5 nitrogen and oxygen atoms in total. The molecule has 1 amide bonds. The number of hydrogen-bond acceptors (Lipinski definition) is 3. The van der Waals surface area contributed by atoms with Crippen LogP contribution >= 0.6 is 0 Å². The Kier molecular flexibility index (Phi) is 7.19. The summed E-state index contributed by atoms with van der Waals surface area (Å²) in [6, 6.07) is 15.0. The Labute approximate surface area is 161 Å². The van der Waals surface area contributed by atoms with Crippen molar-refractivity contribution in [3.63, 3.8) is 0 Å². The van der Waals surface area contributed by atoms with Gasteiger partial charge in [0.05, 0.1) is 17.1 Å². The molecule has 0 fully saturated rings. The Hall–Kier alpha value is -2.60. The normalized spacial score (nSPS) is 11.2. The van der Waals surface area contributed by atoms with E-state index in [-0.39, 0.29) is 23.4 Å². The highest BCUT2D eigenvalue weighted by Gasteiger charge is 2.25. The maximum absolute atomic E-state index is 13.2. The number of nitrogens with zero attached hydrogens (tertiary/aromatic N) is 1. The number of hydrogen-bond donors (Lipinski definition) is 1. The summed E-state index contributed by atoms with van der Waals surface area (Å²) in [6.45, 7) is 7.80. The van der Waals surface area contributed by atoms with Crippen LogP contribution in [0.2, 0.25) is 0 Å². The Bertz CT molecular complexity index is 875. The third-order valence-electron chi connectivity index (χ3n) is 4.34. The minimum absolute atomic E-state index is 0.0688. The van der Waals surface area contributed by atoms with Gasteiger partial charge in [-0.1, -0.05) is 44.2 Å². The molecule has 0 aromatic heterocycles. The highest BCUT2D eigenvalue weighted by atomic mass is 32.2. The van der Waals surface area contributed by atoms with Crippen LogP contribution in [0, 0.1) is 0 Å². The van der Waals surface area contributed by atoms with E-state index in [4.69, 9.17) is 0 Å². The smallest absolute Gasteiger partial charge is 0.264 e. The molecular weight excluding hydrogens is 360 g/mol. The van der Waals surface area contributed by atoms with Gasteiger partial charge in [-0.25, -0.2) is 8.42 Å². The van der Waals surface area contributed by atoms with Crippen LogP contribution in [0.4, 0.5) is 5.69 Å². The summed E-state index contributed by atoms with van der Waals surface area (Å²) < 4.78 is 27.6. The van der Waals surface area contributed by atoms with Crippen molar-refractivity contribution in [3.8, 4) is 0 Å². The first-order chi connectivity index (χ1) is 12.9. The predicted octanol–water partition coefficient (Wildman–Crippen LogP) is 3.99. The zero-order valence-electron chi connectivity index (χ0n) is 15.8. The molecule has 0 aliphatic rings. The van der Waals surface area contributed by atoms with Crippen LogP contribution in [0.5, 0.6) is 0 Å². The van der Waals surface area contributed by atoms with Gasteiger partial charge in [-0.3, -0.25) is 9.10 Å². The summed E-state index contributed by atoms with van der Waals surface area (Å²) in [5.41, 5.74) is 0.874. The highest BCUT2D eigenvalue weighted by molar-refractivity contribution is 7.92. The van der Waals surface area contributed by atoms with Crippen molar-refractivity contribution < 1.29 is 13.2 Å². The van der Waals surface area contributed by atoms with Crippen LogP contribution < -0.4 is 9.62 Å². The van der Waals surface area contributed by atoms with Crippen molar-refractivity contribution in [2.75, 3.05) is 10.8 Å².